The Morgan fingerprint density at radius 3 is 2.76 bits per heavy atom. The first-order chi connectivity index (χ1) is 14.0. The first-order valence-corrected chi connectivity index (χ1v) is 9.40. The topological polar surface area (TPSA) is 109 Å². The highest BCUT2D eigenvalue weighted by Crippen LogP contribution is 2.31. The van der Waals surface area contributed by atoms with Gasteiger partial charge < -0.3 is 15.2 Å². The van der Waals surface area contributed by atoms with E-state index in [0.717, 1.165) is 33.4 Å². The smallest absolute Gasteiger partial charge is 0.255 e. The van der Waals surface area contributed by atoms with Gasteiger partial charge in [0.15, 0.2) is 5.76 Å². The molecule has 0 saturated carbocycles. The number of anilines is 1. The molecule has 8 heteroatoms. The molecule has 3 N–H and O–H groups in total. The van der Waals surface area contributed by atoms with Gasteiger partial charge in [0.2, 0.25) is 0 Å². The Labute approximate surface area is 167 Å². The second-order valence-corrected chi connectivity index (χ2v) is 7.18. The first-order valence-electron chi connectivity index (χ1n) is 9.40. The molecule has 4 rings (SSSR count). The van der Waals surface area contributed by atoms with Gasteiger partial charge in [-0.05, 0) is 38.5 Å². The van der Waals surface area contributed by atoms with E-state index in [0.29, 0.717) is 11.3 Å². The fraction of sp³-hybridized carbons (Fsp3) is 0.238. The van der Waals surface area contributed by atoms with Crippen LogP contribution in [0, 0.1) is 6.92 Å². The van der Waals surface area contributed by atoms with Crippen LogP contribution in [-0.4, -0.2) is 32.3 Å². The van der Waals surface area contributed by atoms with E-state index in [1.807, 2.05) is 45.2 Å². The molecule has 0 saturated heterocycles. The summed E-state index contributed by atoms with van der Waals surface area (Å²) in [5, 5.41) is 17.9. The quantitative estimate of drug-likeness (QED) is 0.463. The molecular formula is C21H22N6O2. The van der Waals surface area contributed by atoms with Crippen LogP contribution >= 0.6 is 0 Å². The molecule has 29 heavy (non-hydrogen) atoms. The second-order valence-electron chi connectivity index (χ2n) is 7.18. The molecule has 0 aliphatic carbocycles. The maximum atomic E-state index is 12.9. The van der Waals surface area contributed by atoms with Crippen molar-refractivity contribution in [3.05, 3.63) is 59.9 Å². The number of pyridine rings is 1. The molecule has 0 unspecified atom stereocenters. The SMILES string of the molecule is Cc1cc(CNC(=O)c2cnc3ccc(-c4cn[nH]c4)cc3c2NC(C)C)on1. The number of rotatable bonds is 6. The molecule has 0 fully saturated rings. The Morgan fingerprint density at radius 1 is 1.21 bits per heavy atom. The van der Waals surface area contributed by atoms with Crippen molar-refractivity contribution in [2.75, 3.05) is 5.32 Å². The fourth-order valence-electron chi connectivity index (χ4n) is 3.16. The van der Waals surface area contributed by atoms with Gasteiger partial charge in [0.05, 0.1) is 35.2 Å². The molecule has 0 radical (unpaired) electrons. The molecule has 148 valence electrons. The van der Waals surface area contributed by atoms with Gasteiger partial charge in [0, 0.05) is 35.5 Å². The number of aryl methyl sites for hydroxylation is 1. The second kappa shape index (κ2) is 7.75. The molecule has 0 aliphatic heterocycles. The fourth-order valence-corrected chi connectivity index (χ4v) is 3.16. The predicted octanol–water partition coefficient (Wildman–Crippen LogP) is 3.67. The zero-order chi connectivity index (χ0) is 20.4. The standard InChI is InChI=1S/C21H22N6O2/c1-12(2)26-20-17-7-14(15-8-24-25-9-15)4-5-19(17)22-11-18(20)21(28)23-10-16-6-13(3)27-29-16/h4-9,11-12H,10H2,1-3H3,(H,22,26)(H,23,28)(H,24,25). The zero-order valence-electron chi connectivity index (χ0n) is 16.5. The van der Waals surface area contributed by atoms with Gasteiger partial charge in [-0.1, -0.05) is 11.2 Å². The molecule has 3 heterocycles. The summed E-state index contributed by atoms with van der Waals surface area (Å²) in [5.74, 6) is 0.371. The lowest BCUT2D eigenvalue weighted by atomic mass is 10.0. The van der Waals surface area contributed by atoms with Gasteiger partial charge in [-0.15, -0.1) is 0 Å². The molecule has 1 aromatic carbocycles. The lowest BCUT2D eigenvalue weighted by Crippen LogP contribution is -2.25. The number of aromatic amines is 1. The highest BCUT2D eigenvalue weighted by Gasteiger charge is 2.17. The lowest BCUT2D eigenvalue weighted by molar-refractivity contribution is 0.0947. The molecule has 0 atom stereocenters. The van der Waals surface area contributed by atoms with Crippen LogP contribution in [0.3, 0.4) is 0 Å². The van der Waals surface area contributed by atoms with Crippen molar-refractivity contribution in [1.82, 2.24) is 25.7 Å². The van der Waals surface area contributed by atoms with Crippen molar-refractivity contribution < 1.29 is 9.32 Å². The maximum Gasteiger partial charge on any atom is 0.255 e. The number of nitrogens with zero attached hydrogens (tertiary/aromatic N) is 3. The van der Waals surface area contributed by atoms with Gasteiger partial charge in [-0.3, -0.25) is 14.9 Å². The van der Waals surface area contributed by atoms with Gasteiger partial charge in [-0.2, -0.15) is 5.10 Å². The van der Waals surface area contributed by atoms with Crippen molar-refractivity contribution in [1.29, 1.82) is 0 Å². The number of fused-ring (bicyclic) bond motifs is 1. The number of carbonyl (C=O) groups excluding carboxylic acids is 1. The molecule has 0 bridgehead atoms. The third kappa shape index (κ3) is 3.96. The van der Waals surface area contributed by atoms with Crippen LogP contribution in [0.1, 0.15) is 35.7 Å². The molecule has 1 amide bonds. The van der Waals surface area contributed by atoms with Crippen LogP contribution in [0.5, 0.6) is 0 Å². The first kappa shape index (κ1) is 18.7. The number of H-pyrrole nitrogens is 1. The van der Waals surface area contributed by atoms with E-state index in [1.165, 1.54) is 0 Å². The average Bonchev–Trinajstić information content (AvgIpc) is 3.37. The number of hydrogen-bond donors (Lipinski definition) is 3. The Morgan fingerprint density at radius 2 is 2.07 bits per heavy atom. The summed E-state index contributed by atoms with van der Waals surface area (Å²) in [7, 11) is 0. The monoisotopic (exact) mass is 390 g/mol. The van der Waals surface area contributed by atoms with Gasteiger partial charge >= 0.3 is 0 Å². The lowest BCUT2D eigenvalue weighted by Gasteiger charge is -2.17. The van der Waals surface area contributed by atoms with Crippen molar-refractivity contribution in [2.24, 2.45) is 0 Å². The Hall–Kier alpha value is -3.68. The number of carbonyl (C=O) groups is 1. The zero-order valence-corrected chi connectivity index (χ0v) is 16.5. The summed E-state index contributed by atoms with van der Waals surface area (Å²) in [5.41, 5.74) is 4.78. The van der Waals surface area contributed by atoms with Crippen LogP contribution in [0.15, 0.2) is 47.4 Å². The predicted molar refractivity (Wildman–Crippen MR) is 110 cm³/mol. The summed E-state index contributed by atoms with van der Waals surface area (Å²) in [4.78, 5) is 17.4. The number of aromatic nitrogens is 4. The van der Waals surface area contributed by atoms with E-state index >= 15 is 0 Å². The summed E-state index contributed by atoms with van der Waals surface area (Å²) < 4.78 is 5.17. The minimum Gasteiger partial charge on any atom is -0.382 e. The summed E-state index contributed by atoms with van der Waals surface area (Å²) >= 11 is 0. The van der Waals surface area contributed by atoms with E-state index in [4.69, 9.17) is 4.52 Å². The van der Waals surface area contributed by atoms with Crippen molar-refractivity contribution >= 4 is 22.5 Å². The van der Waals surface area contributed by atoms with Crippen molar-refractivity contribution in [2.45, 2.75) is 33.4 Å². The van der Waals surface area contributed by atoms with E-state index in [1.54, 1.807) is 18.5 Å². The van der Waals surface area contributed by atoms with Crippen molar-refractivity contribution in [3.63, 3.8) is 0 Å². The van der Waals surface area contributed by atoms with Crippen LogP contribution in [0.25, 0.3) is 22.0 Å². The van der Waals surface area contributed by atoms with Crippen LogP contribution in [0.2, 0.25) is 0 Å². The van der Waals surface area contributed by atoms with Crippen LogP contribution < -0.4 is 10.6 Å². The van der Waals surface area contributed by atoms with E-state index < -0.39 is 0 Å². The summed E-state index contributed by atoms with van der Waals surface area (Å²) in [6, 6.07) is 7.90. The minimum atomic E-state index is -0.231. The Bertz CT molecular complexity index is 1150. The molecule has 0 aliphatic rings. The normalized spacial score (nSPS) is 11.2. The van der Waals surface area contributed by atoms with Gasteiger partial charge in [0.25, 0.3) is 5.91 Å². The molecule has 8 nitrogen and oxygen atoms in total. The summed E-state index contributed by atoms with van der Waals surface area (Å²) in [6.07, 6.45) is 5.20. The number of benzene rings is 1. The highest BCUT2D eigenvalue weighted by atomic mass is 16.5. The minimum absolute atomic E-state index is 0.140. The average molecular weight is 390 g/mol. The summed E-state index contributed by atoms with van der Waals surface area (Å²) in [6.45, 7) is 6.16. The number of nitrogens with one attached hydrogen (secondary N) is 3. The Balaban J connectivity index is 1.72. The number of hydrogen-bond acceptors (Lipinski definition) is 6. The van der Waals surface area contributed by atoms with E-state index in [-0.39, 0.29) is 18.5 Å². The maximum absolute atomic E-state index is 12.9. The van der Waals surface area contributed by atoms with E-state index in [9.17, 15) is 4.79 Å². The largest absolute Gasteiger partial charge is 0.382 e. The van der Waals surface area contributed by atoms with Gasteiger partial charge in [-0.25, -0.2) is 0 Å². The Kier molecular flexibility index (Phi) is 4.99. The van der Waals surface area contributed by atoms with E-state index in [2.05, 4.69) is 31.0 Å². The van der Waals surface area contributed by atoms with Crippen molar-refractivity contribution in [3.8, 4) is 11.1 Å². The molecular weight excluding hydrogens is 368 g/mol. The molecule has 3 aromatic heterocycles. The molecule has 4 aromatic rings. The van der Waals surface area contributed by atoms with Crippen LogP contribution in [0.4, 0.5) is 5.69 Å². The highest BCUT2D eigenvalue weighted by molar-refractivity contribution is 6.07. The number of amides is 1. The third-order valence-corrected chi connectivity index (χ3v) is 4.48. The van der Waals surface area contributed by atoms with Crippen LogP contribution in [-0.2, 0) is 6.54 Å². The molecule has 0 spiro atoms. The van der Waals surface area contributed by atoms with Gasteiger partial charge in [0.1, 0.15) is 0 Å². The third-order valence-electron chi connectivity index (χ3n) is 4.48.